The first-order valence-electron chi connectivity index (χ1n) is 7.77. The number of nitriles is 1. The predicted octanol–water partition coefficient (Wildman–Crippen LogP) is 2.83. The van der Waals surface area contributed by atoms with Crippen LogP contribution < -0.4 is 5.11 Å². The standard InChI is InChI=1S/C17H19Cl2NO4/c18-13-5-4-12(9-14(13)19)17(11-20,10-15(21)22)6-8-24-16-3-1-2-7-23-16/h4-5,9,16H,1-3,6-8,10H2,(H,21,22)/p-1. The minimum absolute atomic E-state index is 0.190. The molecule has 24 heavy (non-hydrogen) atoms. The van der Waals surface area contributed by atoms with Crippen LogP contribution in [0.1, 0.15) is 37.7 Å². The van der Waals surface area contributed by atoms with E-state index in [0.717, 1.165) is 19.3 Å². The molecule has 2 rings (SSSR count). The number of nitrogens with zero attached hydrogens (tertiary/aromatic N) is 1. The summed E-state index contributed by atoms with van der Waals surface area (Å²) >= 11 is 11.9. The van der Waals surface area contributed by atoms with Crippen molar-refractivity contribution in [3.63, 3.8) is 0 Å². The maximum atomic E-state index is 11.2. The van der Waals surface area contributed by atoms with Gasteiger partial charge in [0.1, 0.15) is 0 Å². The van der Waals surface area contributed by atoms with Gasteiger partial charge in [0.25, 0.3) is 0 Å². The Labute approximate surface area is 151 Å². The Kier molecular flexibility index (Phi) is 6.88. The van der Waals surface area contributed by atoms with Crippen LogP contribution in [0.25, 0.3) is 0 Å². The summed E-state index contributed by atoms with van der Waals surface area (Å²) in [5.74, 6) is -1.31. The Morgan fingerprint density at radius 3 is 2.79 bits per heavy atom. The van der Waals surface area contributed by atoms with E-state index in [-0.39, 0.29) is 24.3 Å². The Morgan fingerprint density at radius 2 is 2.21 bits per heavy atom. The second-order valence-corrected chi connectivity index (χ2v) is 6.60. The molecule has 130 valence electrons. The van der Waals surface area contributed by atoms with Gasteiger partial charge in [0, 0.05) is 19.0 Å². The lowest BCUT2D eigenvalue weighted by Gasteiger charge is -2.29. The van der Waals surface area contributed by atoms with Gasteiger partial charge < -0.3 is 19.4 Å². The third kappa shape index (κ3) is 4.84. The fraction of sp³-hybridized carbons (Fsp3) is 0.529. The van der Waals surface area contributed by atoms with E-state index in [9.17, 15) is 15.2 Å². The van der Waals surface area contributed by atoms with Gasteiger partial charge >= 0.3 is 0 Å². The van der Waals surface area contributed by atoms with Gasteiger partial charge in [0.05, 0.1) is 28.1 Å². The highest BCUT2D eigenvalue weighted by atomic mass is 35.5. The van der Waals surface area contributed by atoms with Gasteiger partial charge in [-0.1, -0.05) is 29.3 Å². The van der Waals surface area contributed by atoms with E-state index < -0.39 is 17.8 Å². The lowest BCUT2D eigenvalue weighted by Crippen LogP contribution is -2.36. The van der Waals surface area contributed by atoms with Crippen LogP contribution in [0, 0.1) is 11.3 Å². The predicted molar refractivity (Wildman–Crippen MR) is 87.5 cm³/mol. The van der Waals surface area contributed by atoms with Crippen LogP contribution in [0.3, 0.4) is 0 Å². The lowest BCUT2D eigenvalue weighted by molar-refractivity contribution is -0.306. The fourth-order valence-electron chi connectivity index (χ4n) is 2.74. The number of ether oxygens (including phenoxy) is 2. The van der Waals surface area contributed by atoms with Gasteiger partial charge in [0.15, 0.2) is 6.29 Å². The molecule has 0 radical (unpaired) electrons. The molecule has 0 bridgehead atoms. The normalized spacial score (nSPS) is 20.1. The molecule has 1 heterocycles. The van der Waals surface area contributed by atoms with Gasteiger partial charge in [-0.2, -0.15) is 5.26 Å². The van der Waals surface area contributed by atoms with Crippen molar-refractivity contribution in [1.82, 2.24) is 0 Å². The van der Waals surface area contributed by atoms with Gasteiger partial charge in [-0.15, -0.1) is 0 Å². The molecule has 1 aliphatic heterocycles. The highest BCUT2D eigenvalue weighted by Gasteiger charge is 2.33. The topological polar surface area (TPSA) is 82.4 Å². The average Bonchev–Trinajstić information content (AvgIpc) is 2.57. The summed E-state index contributed by atoms with van der Waals surface area (Å²) in [5, 5.41) is 21.5. The van der Waals surface area contributed by atoms with E-state index in [0.29, 0.717) is 17.2 Å². The summed E-state index contributed by atoms with van der Waals surface area (Å²) in [6, 6.07) is 6.78. The molecule has 1 aromatic carbocycles. The zero-order valence-electron chi connectivity index (χ0n) is 13.1. The number of carboxylic acid groups (broad SMARTS) is 1. The highest BCUT2D eigenvalue weighted by Crippen LogP contribution is 2.35. The molecule has 0 N–H and O–H groups in total. The van der Waals surface area contributed by atoms with Gasteiger partial charge in [-0.3, -0.25) is 0 Å². The number of aliphatic carboxylic acids is 1. The van der Waals surface area contributed by atoms with Crippen LogP contribution in [0.2, 0.25) is 10.0 Å². The van der Waals surface area contributed by atoms with Crippen molar-refractivity contribution >= 4 is 29.2 Å². The second-order valence-electron chi connectivity index (χ2n) is 5.79. The van der Waals surface area contributed by atoms with Crippen molar-refractivity contribution in [2.24, 2.45) is 0 Å². The molecule has 1 saturated heterocycles. The molecule has 7 heteroatoms. The molecule has 1 aliphatic rings. The Bertz CT molecular complexity index is 626. The average molecular weight is 371 g/mol. The quantitative estimate of drug-likeness (QED) is 0.736. The molecule has 0 saturated carbocycles. The molecule has 2 unspecified atom stereocenters. The van der Waals surface area contributed by atoms with E-state index >= 15 is 0 Å². The third-order valence-corrected chi connectivity index (χ3v) is 4.84. The third-order valence-electron chi connectivity index (χ3n) is 4.10. The number of benzene rings is 1. The van der Waals surface area contributed by atoms with E-state index in [4.69, 9.17) is 32.7 Å². The molecule has 0 amide bonds. The van der Waals surface area contributed by atoms with E-state index in [1.54, 1.807) is 12.1 Å². The van der Waals surface area contributed by atoms with Crippen molar-refractivity contribution in [3.8, 4) is 6.07 Å². The lowest BCUT2D eigenvalue weighted by atomic mass is 9.76. The first-order chi connectivity index (χ1) is 11.5. The smallest absolute Gasteiger partial charge is 0.157 e. The molecular formula is C17H18Cl2NO4-. The molecule has 0 aromatic heterocycles. The summed E-state index contributed by atoms with van der Waals surface area (Å²) in [6.45, 7) is 0.853. The monoisotopic (exact) mass is 370 g/mol. The van der Waals surface area contributed by atoms with Crippen molar-refractivity contribution in [2.45, 2.75) is 43.8 Å². The van der Waals surface area contributed by atoms with Crippen LogP contribution in [-0.2, 0) is 19.7 Å². The van der Waals surface area contributed by atoms with Crippen molar-refractivity contribution in [3.05, 3.63) is 33.8 Å². The molecule has 1 fully saturated rings. The first kappa shape index (κ1) is 19.0. The van der Waals surface area contributed by atoms with Gasteiger partial charge in [0.2, 0.25) is 0 Å². The number of rotatable bonds is 7. The minimum Gasteiger partial charge on any atom is -0.550 e. The summed E-state index contributed by atoms with van der Waals surface area (Å²) < 4.78 is 11.1. The Morgan fingerprint density at radius 1 is 1.42 bits per heavy atom. The van der Waals surface area contributed by atoms with Crippen molar-refractivity contribution in [2.75, 3.05) is 13.2 Å². The summed E-state index contributed by atoms with van der Waals surface area (Å²) in [7, 11) is 0. The molecule has 1 aromatic rings. The molecule has 2 atom stereocenters. The van der Waals surface area contributed by atoms with Crippen LogP contribution >= 0.6 is 23.2 Å². The largest absolute Gasteiger partial charge is 0.550 e. The second kappa shape index (κ2) is 8.68. The fourth-order valence-corrected chi connectivity index (χ4v) is 3.04. The maximum absolute atomic E-state index is 11.2. The Balaban J connectivity index is 2.14. The van der Waals surface area contributed by atoms with Crippen LogP contribution in [0.15, 0.2) is 18.2 Å². The number of carbonyl (C=O) groups is 1. The SMILES string of the molecule is N#CC(CCOC1CCCCO1)(CC(=O)[O-])c1ccc(Cl)c(Cl)c1. The maximum Gasteiger partial charge on any atom is 0.157 e. The van der Waals surface area contributed by atoms with E-state index in [1.807, 2.05) is 0 Å². The van der Waals surface area contributed by atoms with Crippen LogP contribution in [0.5, 0.6) is 0 Å². The molecule has 0 aliphatic carbocycles. The number of carboxylic acids is 1. The molecule has 5 nitrogen and oxygen atoms in total. The summed E-state index contributed by atoms with van der Waals surface area (Å²) in [4.78, 5) is 11.2. The highest BCUT2D eigenvalue weighted by molar-refractivity contribution is 6.42. The molecule has 0 spiro atoms. The number of carbonyl (C=O) groups excluding carboxylic acids is 1. The van der Waals surface area contributed by atoms with Crippen LogP contribution in [0.4, 0.5) is 0 Å². The summed E-state index contributed by atoms with van der Waals surface area (Å²) in [6.07, 6.45) is 2.28. The van der Waals surface area contributed by atoms with Crippen molar-refractivity contribution < 1.29 is 19.4 Å². The van der Waals surface area contributed by atoms with Crippen molar-refractivity contribution in [1.29, 1.82) is 5.26 Å². The first-order valence-corrected chi connectivity index (χ1v) is 8.52. The van der Waals surface area contributed by atoms with Gasteiger partial charge in [-0.25, -0.2) is 0 Å². The Hall–Kier alpha value is -1.32. The molecular weight excluding hydrogens is 353 g/mol. The minimum atomic E-state index is -1.31. The zero-order valence-corrected chi connectivity index (χ0v) is 14.6. The number of hydrogen-bond donors (Lipinski definition) is 0. The zero-order chi connectivity index (χ0) is 17.6. The van der Waals surface area contributed by atoms with E-state index in [2.05, 4.69) is 6.07 Å². The summed E-state index contributed by atoms with van der Waals surface area (Å²) in [5.41, 5.74) is -0.807. The number of hydrogen-bond acceptors (Lipinski definition) is 5. The van der Waals surface area contributed by atoms with Gasteiger partial charge in [-0.05, 0) is 43.4 Å². The van der Waals surface area contributed by atoms with E-state index in [1.165, 1.54) is 6.07 Å². The number of halogens is 2. The van der Waals surface area contributed by atoms with Crippen LogP contribution in [-0.4, -0.2) is 25.5 Å².